The highest BCUT2D eigenvalue weighted by molar-refractivity contribution is 6.78. The molecule has 2 atom stereocenters. The van der Waals surface area contributed by atoms with Gasteiger partial charge in [-0.3, -0.25) is 9.36 Å². The minimum Gasteiger partial charge on any atom is -0.518 e. The van der Waals surface area contributed by atoms with E-state index in [1.54, 1.807) is 0 Å². The van der Waals surface area contributed by atoms with Crippen molar-refractivity contribution in [3.63, 3.8) is 0 Å². The van der Waals surface area contributed by atoms with E-state index in [-0.39, 0.29) is 33.4 Å². The number of hydrogen-bond acceptors (Lipinski definition) is 4. The van der Waals surface area contributed by atoms with Crippen LogP contribution < -0.4 is 0 Å². The molecule has 0 aromatic carbocycles. The van der Waals surface area contributed by atoms with Crippen LogP contribution in [0.2, 0.25) is 54.4 Å². The van der Waals surface area contributed by atoms with Crippen LogP contribution in [0.4, 0.5) is 0 Å². The fourth-order valence-electron chi connectivity index (χ4n) is 3.25. The van der Waals surface area contributed by atoms with E-state index in [1.807, 2.05) is 0 Å². The Kier molecular flexibility index (Phi) is 7.89. The fraction of sp³-hybridized carbons (Fsp3) is 0.957. The largest absolute Gasteiger partial charge is 0.518 e. The topological polar surface area (TPSA) is 38.8 Å². The van der Waals surface area contributed by atoms with Gasteiger partial charge >= 0.3 is 5.97 Å². The molecule has 1 fully saturated rings. The van der Waals surface area contributed by atoms with E-state index >= 15 is 0 Å². The highest BCUT2D eigenvalue weighted by atomic mass is 28.4. The van der Waals surface area contributed by atoms with Crippen LogP contribution in [0.5, 0.6) is 0 Å². The average molecular weight is 474 g/mol. The van der Waals surface area contributed by atoms with Crippen molar-refractivity contribution in [1.29, 1.82) is 0 Å². The Morgan fingerprint density at radius 3 is 1.53 bits per heavy atom. The van der Waals surface area contributed by atoms with E-state index in [1.165, 1.54) is 0 Å². The third-order valence-electron chi connectivity index (χ3n) is 8.48. The highest BCUT2D eigenvalue weighted by Crippen LogP contribution is 2.47. The van der Waals surface area contributed by atoms with Gasteiger partial charge in [-0.2, -0.15) is 0 Å². The Labute approximate surface area is 190 Å². The molecule has 0 aromatic rings. The SMILES string of the molecule is CC(C)(C)[Si](C)(C)OC(=O)C1CCC(O[Si](C)(C)C(C)(C)C)N1[Si](C)(C)C(C)(C)C. The van der Waals surface area contributed by atoms with Gasteiger partial charge in [0.1, 0.15) is 14.3 Å². The molecular formula is C23H51NO3Si3. The molecule has 0 bridgehead atoms. The minimum absolute atomic E-state index is 0.0140. The first kappa shape index (κ1) is 28.1. The maximum Gasteiger partial charge on any atom is 0.309 e. The second-order valence-corrected chi connectivity index (χ2v) is 28.4. The molecule has 1 heterocycles. The van der Waals surface area contributed by atoms with Crippen LogP contribution in [0.15, 0.2) is 0 Å². The maximum absolute atomic E-state index is 13.5. The molecule has 7 heteroatoms. The summed E-state index contributed by atoms with van der Waals surface area (Å²) in [5.74, 6) is -0.0206. The number of carbonyl (C=O) groups is 1. The van der Waals surface area contributed by atoms with Gasteiger partial charge in [-0.15, -0.1) is 0 Å². The normalized spacial score (nSPS) is 23.0. The van der Waals surface area contributed by atoms with Crippen molar-refractivity contribution < 1.29 is 13.6 Å². The van der Waals surface area contributed by atoms with E-state index in [2.05, 4.69) is 106 Å². The zero-order valence-corrected chi connectivity index (χ0v) is 25.7. The summed E-state index contributed by atoms with van der Waals surface area (Å²) in [6, 6.07) is -0.185. The molecule has 0 spiro atoms. The van der Waals surface area contributed by atoms with E-state index in [0.717, 1.165) is 12.8 Å². The van der Waals surface area contributed by atoms with Gasteiger partial charge in [0.2, 0.25) is 0 Å². The van der Waals surface area contributed by atoms with Gasteiger partial charge in [-0.1, -0.05) is 75.4 Å². The smallest absolute Gasteiger partial charge is 0.309 e. The standard InChI is InChI=1S/C23H51NO3Si3/c1-21(2,3)28(10,11)24-18(20(25)27-30(14,15)23(7,8)9)16-17-19(24)26-29(12,13)22(4,5)6/h18-19H,16-17H2,1-15H3. The van der Waals surface area contributed by atoms with Gasteiger partial charge < -0.3 is 8.85 Å². The van der Waals surface area contributed by atoms with Gasteiger partial charge in [0.15, 0.2) is 8.32 Å². The van der Waals surface area contributed by atoms with Crippen molar-refractivity contribution in [3.05, 3.63) is 0 Å². The van der Waals surface area contributed by atoms with Crippen LogP contribution >= 0.6 is 0 Å². The molecular weight excluding hydrogens is 423 g/mol. The van der Waals surface area contributed by atoms with Crippen LogP contribution in [-0.4, -0.2) is 47.7 Å². The van der Waals surface area contributed by atoms with Gasteiger partial charge in [0.25, 0.3) is 8.32 Å². The summed E-state index contributed by atoms with van der Waals surface area (Å²) in [5, 5.41) is 0.286. The van der Waals surface area contributed by atoms with Crippen LogP contribution in [-0.2, 0) is 13.6 Å². The molecule has 178 valence electrons. The molecule has 1 rings (SSSR count). The van der Waals surface area contributed by atoms with Crippen LogP contribution in [0.3, 0.4) is 0 Å². The minimum atomic E-state index is -2.16. The molecule has 1 saturated heterocycles. The van der Waals surface area contributed by atoms with Crippen molar-refractivity contribution in [2.45, 2.75) is 142 Å². The van der Waals surface area contributed by atoms with Crippen LogP contribution in [0.25, 0.3) is 0 Å². The quantitative estimate of drug-likeness (QED) is 0.391. The van der Waals surface area contributed by atoms with E-state index in [9.17, 15) is 4.79 Å². The lowest BCUT2D eigenvalue weighted by molar-refractivity contribution is -0.140. The van der Waals surface area contributed by atoms with Crippen LogP contribution in [0, 0.1) is 0 Å². The number of carbonyl (C=O) groups excluding carboxylic acids is 1. The van der Waals surface area contributed by atoms with Crippen molar-refractivity contribution in [2.24, 2.45) is 0 Å². The second-order valence-electron chi connectivity index (χ2n) is 13.8. The molecule has 0 radical (unpaired) electrons. The summed E-state index contributed by atoms with van der Waals surface area (Å²) >= 11 is 0. The second kappa shape index (κ2) is 8.43. The number of rotatable bonds is 5. The Hall–Kier alpha value is 0.0406. The summed E-state index contributed by atoms with van der Waals surface area (Å²) in [4.78, 5) is 13.5. The molecule has 1 aliphatic rings. The van der Waals surface area contributed by atoms with Crippen molar-refractivity contribution >= 4 is 30.8 Å². The van der Waals surface area contributed by atoms with Gasteiger partial charge in [0.05, 0.1) is 6.23 Å². The van der Waals surface area contributed by atoms with E-state index < -0.39 is 24.9 Å². The molecule has 0 N–H and O–H groups in total. The summed E-state index contributed by atoms with van der Waals surface area (Å²) in [7, 11) is -6.11. The van der Waals surface area contributed by atoms with Gasteiger partial charge in [-0.05, 0) is 54.1 Å². The molecule has 1 aliphatic heterocycles. The Morgan fingerprint density at radius 1 is 0.733 bits per heavy atom. The van der Waals surface area contributed by atoms with Crippen LogP contribution in [0.1, 0.15) is 75.2 Å². The third kappa shape index (κ3) is 5.69. The average Bonchev–Trinajstić information content (AvgIpc) is 2.86. The molecule has 0 aliphatic carbocycles. The molecule has 0 saturated carbocycles. The number of nitrogens with zero attached hydrogens (tertiary/aromatic N) is 1. The zero-order chi connectivity index (χ0) is 24.1. The molecule has 30 heavy (non-hydrogen) atoms. The monoisotopic (exact) mass is 473 g/mol. The maximum atomic E-state index is 13.5. The van der Waals surface area contributed by atoms with Crippen molar-refractivity contribution in [2.75, 3.05) is 0 Å². The van der Waals surface area contributed by atoms with E-state index in [0.29, 0.717) is 0 Å². The third-order valence-corrected chi connectivity index (χ3v) is 22.8. The molecule has 4 nitrogen and oxygen atoms in total. The summed E-state index contributed by atoms with van der Waals surface area (Å²) in [6.07, 6.45) is 1.76. The van der Waals surface area contributed by atoms with E-state index in [4.69, 9.17) is 8.85 Å². The Morgan fingerprint density at radius 2 is 1.17 bits per heavy atom. The molecule has 0 aromatic heterocycles. The van der Waals surface area contributed by atoms with Crippen molar-refractivity contribution in [3.8, 4) is 0 Å². The lowest BCUT2D eigenvalue weighted by Crippen LogP contribution is -2.64. The predicted octanol–water partition coefficient (Wildman–Crippen LogP) is 7.35. The lowest BCUT2D eigenvalue weighted by atomic mass is 10.2. The molecule has 2 unspecified atom stereocenters. The van der Waals surface area contributed by atoms with Gasteiger partial charge in [0, 0.05) is 0 Å². The fourth-order valence-corrected chi connectivity index (χ4v) is 8.26. The first-order valence-electron chi connectivity index (χ1n) is 11.6. The first-order valence-corrected chi connectivity index (χ1v) is 20.4. The first-order chi connectivity index (χ1) is 13.0. The zero-order valence-electron chi connectivity index (χ0n) is 22.7. The summed E-state index contributed by atoms with van der Waals surface area (Å²) in [6.45, 7) is 34.1. The van der Waals surface area contributed by atoms with Gasteiger partial charge in [-0.25, -0.2) is 0 Å². The summed E-state index contributed by atoms with van der Waals surface area (Å²) in [5.41, 5.74) is 0. The summed E-state index contributed by atoms with van der Waals surface area (Å²) < 4.78 is 15.7. The Balaban J connectivity index is 3.33. The predicted molar refractivity (Wildman–Crippen MR) is 137 cm³/mol. The highest BCUT2D eigenvalue weighted by Gasteiger charge is 2.55. The Bertz CT molecular complexity index is 625. The van der Waals surface area contributed by atoms with Crippen molar-refractivity contribution in [1.82, 2.24) is 4.57 Å². The lowest BCUT2D eigenvalue weighted by Gasteiger charge is -2.51. The molecule has 0 amide bonds. The number of hydrogen-bond donors (Lipinski definition) is 0.